The predicted octanol–water partition coefficient (Wildman–Crippen LogP) is 2.73. The summed E-state index contributed by atoms with van der Waals surface area (Å²) in [6.07, 6.45) is 1.18. The summed E-state index contributed by atoms with van der Waals surface area (Å²) in [5.41, 5.74) is 6.74. The van der Waals surface area contributed by atoms with Crippen molar-refractivity contribution < 1.29 is 18.0 Å². The van der Waals surface area contributed by atoms with Gasteiger partial charge in [0.05, 0.1) is 23.1 Å². The van der Waals surface area contributed by atoms with Crippen molar-refractivity contribution in [1.29, 1.82) is 0 Å². The highest BCUT2D eigenvalue weighted by molar-refractivity contribution is 5.82. The number of likely N-dealkylation sites (tertiary alicyclic amines) is 1. The molecule has 1 aromatic heterocycles. The lowest BCUT2D eigenvalue weighted by Gasteiger charge is -2.34. The Labute approximate surface area is 166 Å². The topological polar surface area (TPSA) is 70.2 Å². The largest absolute Gasteiger partial charge is 0.416 e. The Morgan fingerprint density at radius 3 is 2.83 bits per heavy atom. The van der Waals surface area contributed by atoms with E-state index in [1.807, 2.05) is 4.90 Å². The van der Waals surface area contributed by atoms with Crippen molar-refractivity contribution in [3.05, 3.63) is 47.9 Å². The maximum absolute atomic E-state index is 13.0. The average molecular weight is 405 g/mol. The summed E-state index contributed by atoms with van der Waals surface area (Å²) in [6, 6.07) is 4.88. The Morgan fingerprint density at radius 1 is 1.21 bits per heavy atom. The number of carbonyl (C=O) groups is 1. The molecule has 154 valence electrons. The zero-order chi connectivity index (χ0) is 20.4. The lowest BCUT2D eigenvalue weighted by atomic mass is 9.94. The van der Waals surface area contributed by atoms with Crippen molar-refractivity contribution in [3.8, 4) is 11.3 Å². The van der Waals surface area contributed by atoms with Crippen LogP contribution < -0.4 is 10.9 Å². The number of hydrazine groups is 1. The first kappa shape index (κ1) is 19.8. The van der Waals surface area contributed by atoms with E-state index in [1.54, 1.807) is 12.3 Å². The summed E-state index contributed by atoms with van der Waals surface area (Å²) in [4.78, 5) is 23.3. The summed E-state index contributed by atoms with van der Waals surface area (Å²) >= 11 is 0. The van der Waals surface area contributed by atoms with Gasteiger partial charge in [-0.2, -0.15) is 13.2 Å². The highest BCUT2D eigenvalue weighted by atomic mass is 19.4. The number of rotatable bonds is 3. The number of carbonyl (C=O) groups excluding carboxylic acids is 1. The molecule has 2 saturated heterocycles. The maximum Gasteiger partial charge on any atom is 0.416 e. The molecule has 2 aliphatic heterocycles. The lowest BCUT2D eigenvalue weighted by molar-refractivity contribution is -0.137. The fraction of sp³-hybridized carbons (Fsp3) is 0.450. The Balaban J connectivity index is 1.53. The second kappa shape index (κ2) is 8.08. The van der Waals surface area contributed by atoms with Crippen LogP contribution in [0.4, 0.5) is 13.2 Å². The van der Waals surface area contributed by atoms with Gasteiger partial charge in [-0.1, -0.05) is 12.1 Å². The SMILES string of the molecule is O=C(C1CCNN1)N1CCCC(c2cncc(-c3cccc(C(F)(F)F)c3)n2)C1. The van der Waals surface area contributed by atoms with Crippen molar-refractivity contribution in [2.75, 3.05) is 19.6 Å². The van der Waals surface area contributed by atoms with Crippen LogP contribution in [0.15, 0.2) is 36.7 Å². The molecule has 2 unspecified atom stereocenters. The molecule has 0 radical (unpaired) electrons. The molecule has 29 heavy (non-hydrogen) atoms. The summed E-state index contributed by atoms with van der Waals surface area (Å²) in [7, 11) is 0. The molecule has 1 aromatic carbocycles. The van der Waals surface area contributed by atoms with E-state index in [0.29, 0.717) is 30.0 Å². The third kappa shape index (κ3) is 4.40. The zero-order valence-corrected chi connectivity index (χ0v) is 15.7. The van der Waals surface area contributed by atoms with Gasteiger partial charge in [0.2, 0.25) is 5.91 Å². The highest BCUT2D eigenvalue weighted by Crippen LogP contribution is 2.32. The van der Waals surface area contributed by atoms with E-state index in [2.05, 4.69) is 20.8 Å². The number of nitrogens with zero attached hydrogens (tertiary/aromatic N) is 3. The molecule has 2 aromatic rings. The van der Waals surface area contributed by atoms with E-state index in [1.165, 1.54) is 12.3 Å². The van der Waals surface area contributed by atoms with Gasteiger partial charge in [-0.15, -0.1) is 0 Å². The molecule has 6 nitrogen and oxygen atoms in total. The molecule has 3 heterocycles. The number of nitrogens with one attached hydrogen (secondary N) is 2. The van der Waals surface area contributed by atoms with E-state index >= 15 is 0 Å². The van der Waals surface area contributed by atoms with Crippen molar-refractivity contribution in [1.82, 2.24) is 25.7 Å². The fourth-order valence-electron chi connectivity index (χ4n) is 3.88. The first-order chi connectivity index (χ1) is 13.9. The van der Waals surface area contributed by atoms with Gasteiger partial charge in [-0.25, -0.2) is 10.4 Å². The number of hydrogen-bond donors (Lipinski definition) is 2. The van der Waals surface area contributed by atoms with Crippen LogP contribution in [0.5, 0.6) is 0 Å². The molecule has 1 amide bonds. The first-order valence-electron chi connectivity index (χ1n) is 9.68. The van der Waals surface area contributed by atoms with E-state index < -0.39 is 11.7 Å². The zero-order valence-electron chi connectivity index (χ0n) is 15.7. The van der Waals surface area contributed by atoms with Gasteiger partial charge in [0.25, 0.3) is 0 Å². The van der Waals surface area contributed by atoms with Crippen LogP contribution in [-0.4, -0.2) is 46.5 Å². The van der Waals surface area contributed by atoms with Gasteiger partial charge >= 0.3 is 6.18 Å². The van der Waals surface area contributed by atoms with Gasteiger partial charge in [-0.3, -0.25) is 15.2 Å². The van der Waals surface area contributed by atoms with Gasteiger partial charge in [0.15, 0.2) is 0 Å². The second-order valence-corrected chi connectivity index (χ2v) is 7.44. The second-order valence-electron chi connectivity index (χ2n) is 7.44. The molecule has 0 bridgehead atoms. The fourth-order valence-corrected chi connectivity index (χ4v) is 3.88. The van der Waals surface area contributed by atoms with Crippen molar-refractivity contribution in [3.63, 3.8) is 0 Å². The third-order valence-electron chi connectivity index (χ3n) is 5.42. The highest BCUT2D eigenvalue weighted by Gasteiger charge is 2.32. The lowest BCUT2D eigenvalue weighted by Crippen LogP contribution is -2.48. The number of alkyl halides is 3. The summed E-state index contributed by atoms with van der Waals surface area (Å²) in [5.74, 6) is 0.0852. The van der Waals surface area contributed by atoms with E-state index in [4.69, 9.17) is 0 Å². The molecule has 2 N–H and O–H groups in total. The minimum Gasteiger partial charge on any atom is -0.341 e. The average Bonchev–Trinajstić information content (AvgIpc) is 3.28. The van der Waals surface area contributed by atoms with Crippen LogP contribution in [0.3, 0.4) is 0 Å². The van der Waals surface area contributed by atoms with Gasteiger partial charge in [0, 0.05) is 37.3 Å². The number of halogens is 3. The van der Waals surface area contributed by atoms with E-state index in [0.717, 1.165) is 37.9 Å². The Kier molecular flexibility index (Phi) is 5.51. The van der Waals surface area contributed by atoms with Crippen LogP contribution in [0, 0.1) is 0 Å². The normalized spacial score (nSPS) is 22.7. The summed E-state index contributed by atoms with van der Waals surface area (Å²) in [5, 5.41) is 0. The molecule has 9 heteroatoms. The predicted molar refractivity (Wildman–Crippen MR) is 101 cm³/mol. The van der Waals surface area contributed by atoms with Gasteiger partial charge in [-0.05, 0) is 31.4 Å². The molecule has 0 spiro atoms. The van der Waals surface area contributed by atoms with Crippen molar-refractivity contribution in [2.45, 2.75) is 37.4 Å². The summed E-state index contributed by atoms with van der Waals surface area (Å²) in [6.45, 7) is 2.00. The number of benzene rings is 1. The van der Waals surface area contributed by atoms with Crippen LogP contribution in [0.25, 0.3) is 11.3 Å². The smallest absolute Gasteiger partial charge is 0.341 e. The van der Waals surface area contributed by atoms with Crippen LogP contribution in [-0.2, 0) is 11.0 Å². The third-order valence-corrected chi connectivity index (χ3v) is 5.42. The van der Waals surface area contributed by atoms with Crippen molar-refractivity contribution >= 4 is 5.91 Å². The van der Waals surface area contributed by atoms with Gasteiger partial charge < -0.3 is 4.90 Å². The maximum atomic E-state index is 13.0. The van der Waals surface area contributed by atoms with Crippen LogP contribution in [0.1, 0.15) is 36.4 Å². The number of hydrogen-bond acceptors (Lipinski definition) is 5. The van der Waals surface area contributed by atoms with E-state index in [9.17, 15) is 18.0 Å². The van der Waals surface area contributed by atoms with Crippen molar-refractivity contribution in [2.24, 2.45) is 0 Å². The molecule has 2 fully saturated rings. The number of aromatic nitrogens is 2. The molecule has 2 aliphatic rings. The minimum atomic E-state index is -4.41. The molecular formula is C20H22F3N5O. The van der Waals surface area contributed by atoms with Gasteiger partial charge in [0.1, 0.15) is 6.04 Å². The summed E-state index contributed by atoms with van der Waals surface area (Å²) < 4.78 is 39.1. The molecule has 4 rings (SSSR count). The minimum absolute atomic E-state index is 0.0142. The number of amides is 1. The Morgan fingerprint density at radius 2 is 2.07 bits per heavy atom. The monoisotopic (exact) mass is 405 g/mol. The molecule has 2 atom stereocenters. The van der Waals surface area contributed by atoms with Crippen LogP contribution >= 0.6 is 0 Å². The Bertz CT molecular complexity index is 882. The standard InChI is InChI=1S/C20H22F3N5O/c21-20(22,23)15-5-1-3-13(9-15)17-10-24-11-18(26-17)14-4-2-8-28(12-14)19(29)16-6-7-25-27-16/h1,3,5,9-11,14,16,25,27H,2,4,6-8,12H2. The van der Waals surface area contributed by atoms with E-state index in [-0.39, 0.29) is 17.9 Å². The van der Waals surface area contributed by atoms with Crippen LogP contribution in [0.2, 0.25) is 0 Å². The quantitative estimate of drug-likeness (QED) is 0.822. The number of piperidine rings is 1. The molecule has 0 aliphatic carbocycles. The molecule has 0 saturated carbocycles. The molecular weight excluding hydrogens is 383 g/mol. The Hall–Kier alpha value is -2.52. The first-order valence-corrected chi connectivity index (χ1v) is 9.68.